The molecule has 0 aliphatic rings. The highest BCUT2D eigenvalue weighted by Crippen LogP contribution is 2.16. The Labute approximate surface area is 88.0 Å². The lowest BCUT2D eigenvalue weighted by Gasteiger charge is -2.10. The van der Waals surface area contributed by atoms with Gasteiger partial charge in [-0.25, -0.2) is 19.9 Å². The van der Waals surface area contributed by atoms with E-state index >= 15 is 0 Å². The predicted octanol–water partition coefficient (Wildman–Crippen LogP) is 1.55. The van der Waals surface area contributed by atoms with Gasteiger partial charge in [0.15, 0.2) is 5.82 Å². The summed E-state index contributed by atoms with van der Waals surface area (Å²) in [5.41, 5.74) is 1.54. The second-order valence-electron chi connectivity index (χ2n) is 3.68. The van der Waals surface area contributed by atoms with Gasteiger partial charge in [0.1, 0.15) is 23.2 Å². The molecular formula is C10H13N5. The summed E-state index contributed by atoms with van der Waals surface area (Å²) >= 11 is 0. The minimum absolute atomic E-state index is 0.317. The first-order chi connectivity index (χ1) is 7.16. The molecule has 2 aromatic heterocycles. The summed E-state index contributed by atoms with van der Waals surface area (Å²) in [5, 5.41) is 3.25. The minimum Gasteiger partial charge on any atom is -0.366 e. The molecule has 0 atom stereocenters. The van der Waals surface area contributed by atoms with E-state index in [0.717, 1.165) is 22.7 Å². The molecule has 2 aromatic rings. The molecule has 0 fully saturated rings. The van der Waals surface area contributed by atoms with Crippen molar-refractivity contribution in [2.24, 2.45) is 0 Å². The van der Waals surface area contributed by atoms with Crippen LogP contribution in [0.1, 0.15) is 19.7 Å². The van der Waals surface area contributed by atoms with Crippen LogP contribution in [0, 0.1) is 6.92 Å². The number of hydrogen-bond donors (Lipinski definition) is 1. The molecule has 0 amide bonds. The molecule has 5 heteroatoms. The Morgan fingerprint density at radius 2 is 2.07 bits per heavy atom. The monoisotopic (exact) mass is 203 g/mol. The molecule has 0 radical (unpaired) electrons. The van der Waals surface area contributed by atoms with Crippen LogP contribution in [0.25, 0.3) is 11.0 Å². The molecular weight excluding hydrogens is 190 g/mol. The van der Waals surface area contributed by atoms with Crippen molar-refractivity contribution in [1.82, 2.24) is 19.9 Å². The van der Waals surface area contributed by atoms with E-state index in [4.69, 9.17) is 0 Å². The summed E-state index contributed by atoms with van der Waals surface area (Å²) in [7, 11) is 0. The van der Waals surface area contributed by atoms with Crippen molar-refractivity contribution in [1.29, 1.82) is 0 Å². The molecule has 78 valence electrons. The average Bonchev–Trinajstić information content (AvgIpc) is 2.16. The zero-order valence-electron chi connectivity index (χ0n) is 9.02. The summed E-state index contributed by atoms with van der Waals surface area (Å²) in [4.78, 5) is 16.7. The summed E-state index contributed by atoms with van der Waals surface area (Å²) < 4.78 is 0. The quantitative estimate of drug-likeness (QED) is 0.802. The van der Waals surface area contributed by atoms with Gasteiger partial charge in [-0.1, -0.05) is 0 Å². The van der Waals surface area contributed by atoms with E-state index in [1.165, 1.54) is 6.33 Å². The molecule has 0 aliphatic carbocycles. The third-order valence-electron chi connectivity index (χ3n) is 1.90. The lowest BCUT2D eigenvalue weighted by atomic mass is 10.3. The van der Waals surface area contributed by atoms with Gasteiger partial charge in [-0.2, -0.15) is 0 Å². The van der Waals surface area contributed by atoms with Crippen molar-refractivity contribution in [3.8, 4) is 0 Å². The highest BCUT2D eigenvalue weighted by Gasteiger charge is 2.07. The highest BCUT2D eigenvalue weighted by atomic mass is 15.1. The van der Waals surface area contributed by atoms with E-state index in [-0.39, 0.29) is 0 Å². The molecule has 0 saturated heterocycles. The number of fused-ring (bicyclic) bond motifs is 1. The zero-order valence-corrected chi connectivity index (χ0v) is 9.02. The topological polar surface area (TPSA) is 63.6 Å². The molecule has 1 N–H and O–H groups in total. The van der Waals surface area contributed by atoms with Crippen molar-refractivity contribution in [3.05, 3.63) is 18.3 Å². The van der Waals surface area contributed by atoms with Gasteiger partial charge < -0.3 is 5.32 Å². The Morgan fingerprint density at radius 3 is 2.80 bits per heavy atom. The molecule has 2 heterocycles. The Hall–Kier alpha value is -1.78. The van der Waals surface area contributed by atoms with E-state index in [1.807, 2.05) is 6.92 Å². The van der Waals surface area contributed by atoms with Crippen molar-refractivity contribution in [2.45, 2.75) is 26.8 Å². The number of aryl methyl sites for hydroxylation is 1. The predicted molar refractivity (Wildman–Crippen MR) is 58.6 cm³/mol. The first-order valence-electron chi connectivity index (χ1n) is 4.87. The van der Waals surface area contributed by atoms with E-state index in [2.05, 4.69) is 39.1 Å². The van der Waals surface area contributed by atoms with E-state index < -0.39 is 0 Å². The number of rotatable bonds is 2. The van der Waals surface area contributed by atoms with Crippen LogP contribution >= 0.6 is 0 Å². The Kier molecular flexibility index (Phi) is 2.45. The lowest BCUT2D eigenvalue weighted by molar-refractivity contribution is 0.884. The molecule has 15 heavy (non-hydrogen) atoms. The number of nitrogens with zero attached hydrogens (tertiary/aromatic N) is 4. The molecule has 0 spiro atoms. The van der Waals surface area contributed by atoms with Gasteiger partial charge in [0, 0.05) is 6.04 Å². The van der Waals surface area contributed by atoms with Crippen molar-refractivity contribution in [3.63, 3.8) is 0 Å². The zero-order chi connectivity index (χ0) is 10.8. The Balaban J connectivity index is 2.60. The standard InChI is InChI=1S/C10H13N5/c1-6(2)13-10-9-8(4-11-5-12-9)14-7(3)15-10/h4-6H,1-3H3,(H,13,14,15). The van der Waals surface area contributed by atoms with E-state index in [0.29, 0.717) is 6.04 Å². The van der Waals surface area contributed by atoms with Crippen LogP contribution in [0.5, 0.6) is 0 Å². The smallest absolute Gasteiger partial charge is 0.156 e. The first kappa shape index (κ1) is 9.76. The van der Waals surface area contributed by atoms with Crippen LogP contribution in [0.3, 0.4) is 0 Å². The Bertz CT molecular complexity index is 480. The van der Waals surface area contributed by atoms with Crippen molar-refractivity contribution < 1.29 is 0 Å². The molecule has 0 aliphatic heterocycles. The maximum Gasteiger partial charge on any atom is 0.156 e. The number of hydrogen-bond acceptors (Lipinski definition) is 5. The molecule has 5 nitrogen and oxygen atoms in total. The maximum absolute atomic E-state index is 4.33. The molecule has 0 bridgehead atoms. The molecule has 0 saturated carbocycles. The van der Waals surface area contributed by atoms with Gasteiger partial charge in [0.25, 0.3) is 0 Å². The SMILES string of the molecule is Cc1nc(NC(C)C)c2ncncc2n1. The van der Waals surface area contributed by atoms with Gasteiger partial charge in [0.2, 0.25) is 0 Å². The molecule has 0 aromatic carbocycles. The normalized spacial score (nSPS) is 10.9. The Morgan fingerprint density at radius 1 is 1.27 bits per heavy atom. The third kappa shape index (κ3) is 2.01. The van der Waals surface area contributed by atoms with Crippen LogP contribution in [0.4, 0.5) is 5.82 Å². The third-order valence-corrected chi connectivity index (χ3v) is 1.90. The van der Waals surface area contributed by atoms with Gasteiger partial charge in [-0.3, -0.25) is 0 Å². The van der Waals surface area contributed by atoms with Crippen LogP contribution in [-0.4, -0.2) is 26.0 Å². The van der Waals surface area contributed by atoms with Gasteiger partial charge >= 0.3 is 0 Å². The fourth-order valence-corrected chi connectivity index (χ4v) is 1.37. The fourth-order valence-electron chi connectivity index (χ4n) is 1.37. The molecule has 2 rings (SSSR count). The minimum atomic E-state index is 0.317. The second kappa shape index (κ2) is 3.76. The number of anilines is 1. The summed E-state index contributed by atoms with van der Waals surface area (Å²) in [6.45, 7) is 5.98. The maximum atomic E-state index is 4.33. The van der Waals surface area contributed by atoms with Crippen LogP contribution in [0.2, 0.25) is 0 Å². The first-order valence-corrected chi connectivity index (χ1v) is 4.87. The van der Waals surface area contributed by atoms with Crippen LogP contribution in [-0.2, 0) is 0 Å². The van der Waals surface area contributed by atoms with E-state index in [9.17, 15) is 0 Å². The average molecular weight is 203 g/mol. The molecule has 0 unspecified atom stereocenters. The fraction of sp³-hybridized carbons (Fsp3) is 0.400. The van der Waals surface area contributed by atoms with Crippen LogP contribution < -0.4 is 5.32 Å². The lowest BCUT2D eigenvalue weighted by Crippen LogP contribution is -2.12. The summed E-state index contributed by atoms with van der Waals surface area (Å²) in [5.74, 6) is 1.50. The van der Waals surface area contributed by atoms with Crippen molar-refractivity contribution in [2.75, 3.05) is 5.32 Å². The summed E-state index contributed by atoms with van der Waals surface area (Å²) in [6.07, 6.45) is 3.20. The van der Waals surface area contributed by atoms with E-state index in [1.54, 1.807) is 6.20 Å². The number of aromatic nitrogens is 4. The van der Waals surface area contributed by atoms with Crippen molar-refractivity contribution >= 4 is 16.9 Å². The highest BCUT2D eigenvalue weighted by molar-refractivity contribution is 5.84. The second-order valence-corrected chi connectivity index (χ2v) is 3.68. The number of nitrogens with one attached hydrogen (secondary N) is 1. The summed E-state index contributed by atoms with van der Waals surface area (Å²) in [6, 6.07) is 0.317. The van der Waals surface area contributed by atoms with Gasteiger partial charge in [-0.05, 0) is 20.8 Å². The van der Waals surface area contributed by atoms with Gasteiger partial charge in [0.05, 0.1) is 6.20 Å². The van der Waals surface area contributed by atoms with Gasteiger partial charge in [-0.15, -0.1) is 0 Å². The van der Waals surface area contributed by atoms with Crippen LogP contribution in [0.15, 0.2) is 12.5 Å². The largest absolute Gasteiger partial charge is 0.366 e.